The molecule has 0 aliphatic heterocycles. The van der Waals surface area contributed by atoms with E-state index < -0.39 is 0 Å². The summed E-state index contributed by atoms with van der Waals surface area (Å²) in [6.07, 6.45) is 0.760. The van der Waals surface area contributed by atoms with E-state index in [4.69, 9.17) is 10.5 Å². The van der Waals surface area contributed by atoms with E-state index >= 15 is 0 Å². The molecule has 4 nitrogen and oxygen atoms in total. The van der Waals surface area contributed by atoms with Crippen molar-refractivity contribution >= 4 is 0 Å². The number of ether oxygens (including phenoxy) is 1. The molecule has 0 bridgehead atoms. The zero-order valence-electron chi connectivity index (χ0n) is 10.5. The van der Waals surface area contributed by atoms with Gasteiger partial charge in [-0.1, -0.05) is 0 Å². The number of benzene rings is 1. The zero-order chi connectivity index (χ0) is 12.8. The summed E-state index contributed by atoms with van der Waals surface area (Å²) in [7, 11) is 0. The Morgan fingerprint density at radius 1 is 1.06 bits per heavy atom. The van der Waals surface area contributed by atoms with Gasteiger partial charge in [0.2, 0.25) is 0 Å². The molecule has 0 unspecified atom stereocenters. The smallest absolute Gasteiger partial charge is 0.119 e. The Morgan fingerprint density at radius 2 is 1.83 bits per heavy atom. The van der Waals surface area contributed by atoms with Crippen LogP contribution in [-0.2, 0) is 6.42 Å². The topological polar surface area (TPSA) is 61.0 Å². The van der Waals surface area contributed by atoms with Gasteiger partial charge in [-0.15, -0.1) is 0 Å². The number of rotatable bonds is 5. The van der Waals surface area contributed by atoms with Crippen molar-refractivity contribution in [2.75, 3.05) is 13.2 Å². The van der Waals surface area contributed by atoms with E-state index in [-0.39, 0.29) is 0 Å². The first-order valence-corrected chi connectivity index (χ1v) is 6.09. The lowest BCUT2D eigenvalue weighted by Gasteiger charge is -2.04. The number of aromatic nitrogens is 2. The molecule has 4 heteroatoms. The normalized spacial score (nSPS) is 10.3. The van der Waals surface area contributed by atoms with Gasteiger partial charge in [0, 0.05) is 12.0 Å². The predicted octanol–water partition coefficient (Wildman–Crippen LogP) is 2.04. The summed E-state index contributed by atoms with van der Waals surface area (Å²) in [5, 5.41) is 8.34. The maximum atomic E-state index is 5.47. The van der Waals surface area contributed by atoms with Gasteiger partial charge in [0.1, 0.15) is 5.75 Å². The third-order valence-electron chi connectivity index (χ3n) is 2.58. The lowest BCUT2D eigenvalue weighted by molar-refractivity contribution is 0.340. The fourth-order valence-corrected chi connectivity index (χ4v) is 1.68. The first-order chi connectivity index (χ1) is 8.83. The van der Waals surface area contributed by atoms with Crippen molar-refractivity contribution in [2.24, 2.45) is 5.73 Å². The highest BCUT2D eigenvalue weighted by Gasteiger charge is 2.01. The first kappa shape index (κ1) is 12.5. The molecule has 18 heavy (non-hydrogen) atoms. The van der Waals surface area contributed by atoms with Crippen LogP contribution in [0.15, 0.2) is 36.4 Å². The second-order valence-corrected chi connectivity index (χ2v) is 3.91. The predicted molar refractivity (Wildman–Crippen MR) is 71.4 cm³/mol. The molecule has 2 N–H and O–H groups in total. The van der Waals surface area contributed by atoms with Crippen molar-refractivity contribution in [3.63, 3.8) is 0 Å². The van der Waals surface area contributed by atoms with E-state index in [0.29, 0.717) is 13.2 Å². The Bertz CT molecular complexity index is 432. The summed E-state index contributed by atoms with van der Waals surface area (Å²) < 4.78 is 5.40. The molecule has 0 amide bonds. The molecule has 1 aromatic carbocycles. The van der Waals surface area contributed by atoms with Crippen LogP contribution >= 0.6 is 0 Å². The van der Waals surface area contributed by atoms with Crippen LogP contribution in [0.5, 0.6) is 5.75 Å². The Morgan fingerprint density at radius 3 is 2.39 bits per heavy atom. The minimum Gasteiger partial charge on any atom is -0.494 e. The quantitative estimate of drug-likeness (QED) is 0.873. The molecule has 1 aromatic heterocycles. The van der Waals surface area contributed by atoms with Gasteiger partial charge in [0.05, 0.1) is 18.0 Å². The molecule has 2 aromatic rings. The maximum Gasteiger partial charge on any atom is 0.119 e. The molecule has 0 atom stereocenters. The minimum absolute atomic E-state index is 0.594. The number of hydrogen-bond donors (Lipinski definition) is 1. The molecule has 0 spiro atoms. The highest BCUT2D eigenvalue weighted by molar-refractivity contribution is 5.59. The van der Waals surface area contributed by atoms with E-state index in [1.54, 1.807) is 0 Å². The van der Waals surface area contributed by atoms with Crippen molar-refractivity contribution in [1.29, 1.82) is 0 Å². The third-order valence-corrected chi connectivity index (χ3v) is 2.58. The maximum absolute atomic E-state index is 5.47. The van der Waals surface area contributed by atoms with Gasteiger partial charge in [-0.2, -0.15) is 10.2 Å². The molecule has 1 heterocycles. The van der Waals surface area contributed by atoms with Gasteiger partial charge in [-0.3, -0.25) is 0 Å². The second kappa shape index (κ2) is 6.12. The van der Waals surface area contributed by atoms with Crippen LogP contribution < -0.4 is 10.5 Å². The number of nitrogens with zero attached hydrogens (tertiary/aromatic N) is 2. The van der Waals surface area contributed by atoms with Gasteiger partial charge in [0.25, 0.3) is 0 Å². The Kier molecular flexibility index (Phi) is 4.25. The summed E-state index contributed by atoms with van der Waals surface area (Å²) in [6.45, 7) is 3.24. The van der Waals surface area contributed by atoms with Crippen molar-refractivity contribution in [3.8, 4) is 17.0 Å². The summed E-state index contributed by atoms with van der Waals surface area (Å²) in [5.74, 6) is 0.869. The number of nitrogens with two attached hydrogens (primary N) is 1. The molecule has 0 aliphatic carbocycles. The Labute approximate surface area is 107 Å². The standard InChI is InChI=1S/C14H17N3O/c1-2-18-13-6-3-11(4-7-13)14-8-5-12(9-10-15)16-17-14/h3-8H,2,9-10,15H2,1H3. The molecule has 0 radical (unpaired) electrons. The summed E-state index contributed by atoms with van der Waals surface area (Å²) in [4.78, 5) is 0. The molecule has 0 aliphatic rings. The molecular weight excluding hydrogens is 226 g/mol. The average molecular weight is 243 g/mol. The fraction of sp³-hybridized carbons (Fsp3) is 0.286. The second-order valence-electron chi connectivity index (χ2n) is 3.91. The highest BCUT2D eigenvalue weighted by Crippen LogP contribution is 2.20. The molecule has 2 rings (SSSR count). The van der Waals surface area contributed by atoms with E-state index in [1.165, 1.54) is 0 Å². The SMILES string of the molecule is CCOc1ccc(-c2ccc(CCN)nn2)cc1. The van der Waals surface area contributed by atoms with Crippen molar-refractivity contribution in [2.45, 2.75) is 13.3 Å². The molecule has 0 saturated carbocycles. The largest absolute Gasteiger partial charge is 0.494 e. The third kappa shape index (κ3) is 3.05. The molecule has 94 valence electrons. The van der Waals surface area contributed by atoms with Crippen LogP contribution in [0.3, 0.4) is 0 Å². The van der Waals surface area contributed by atoms with Crippen LogP contribution in [0.2, 0.25) is 0 Å². The first-order valence-electron chi connectivity index (χ1n) is 6.09. The van der Waals surface area contributed by atoms with Crippen molar-refractivity contribution < 1.29 is 4.74 Å². The van der Waals surface area contributed by atoms with Gasteiger partial charge >= 0.3 is 0 Å². The van der Waals surface area contributed by atoms with Gasteiger partial charge < -0.3 is 10.5 Å². The van der Waals surface area contributed by atoms with Crippen molar-refractivity contribution in [3.05, 3.63) is 42.1 Å². The Hall–Kier alpha value is -1.94. The summed E-state index contributed by atoms with van der Waals surface area (Å²) in [5.41, 5.74) is 8.29. The lowest BCUT2D eigenvalue weighted by atomic mass is 10.1. The lowest BCUT2D eigenvalue weighted by Crippen LogP contribution is -2.05. The number of hydrogen-bond acceptors (Lipinski definition) is 4. The zero-order valence-corrected chi connectivity index (χ0v) is 10.5. The van der Waals surface area contributed by atoms with Crippen LogP contribution in [0.25, 0.3) is 11.3 Å². The summed E-state index contributed by atoms with van der Waals surface area (Å²) in [6, 6.07) is 11.8. The van der Waals surface area contributed by atoms with Crippen molar-refractivity contribution in [1.82, 2.24) is 10.2 Å². The van der Waals surface area contributed by atoms with Crippen LogP contribution in [-0.4, -0.2) is 23.3 Å². The monoisotopic (exact) mass is 243 g/mol. The van der Waals surface area contributed by atoms with Gasteiger partial charge in [-0.25, -0.2) is 0 Å². The average Bonchev–Trinajstić information content (AvgIpc) is 2.41. The van der Waals surface area contributed by atoms with E-state index in [1.807, 2.05) is 43.3 Å². The van der Waals surface area contributed by atoms with Crippen LogP contribution in [0, 0.1) is 0 Å². The van der Waals surface area contributed by atoms with Crippen LogP contribution in [0.4, 0.5) is 0 Å². The van der Waals surface area contributed by atoms with E-state index in [2.05, 4.69) is 10.2 Å². The summed E-state index contributed by atoms with van der Waals surface area (Å²) >= 11 is 0. The van der Waals surface area contributed by atoms with Gasteiger partial charge in [0.15, 0.2) is 0 Å². The molecule has 0 fully saturated rings. The van der Waals surface area contributed by atoms with E-state index in [0.717, 1.165) is 29.1 Å². The Balaban J connectivity index is 2.15. The molecular formula is C14H17N3O. The highest BCUT2D eigenvalue weighted by atomic mass is 16.5. The molecule has 0 saturated heterocycles. The van der Waals surface area contributed by atoms with Crippen LogP contribution in [0.1, 0.15) is 12.6 Å². The van der Waals surface area contributed by atoms with E-state index in [9.17, 15) is 0 Å². The minimum atomic E-state index is 0.594. The van der Waals surface area contributed by atoms with Gasteiger partial charge in [-0.05, 0) is 49.9 Å². The fourth-order valence-electron chi connectivity index (χ4n) is 1.68.